The van der Waals surface area contributed by atoms with Crippen LogP contribution in [0.1, 0.15) is 5.56 Å². The molecule has 0 atom stereocenters. The van der Waals surface area contributed by atoms with Crippen LogP contribution in [0.15, 0.2) is 47.6 Å². The van der Waals surface area contributed by atoms with E-state index in [1.54, 1.807) is 6.07 Å². The molecule has 0 aliphatic rings. The Balaban J connectivity index is 1.80. The third-order valence-electron chi connectivity index (χ3n) is 3.79. The van der Waals surface area contributed by atoms with E-state index >= 15 is 0 Å². The molecule has 0 aliphatic carbocycles. The highest BCUT2D eigenvalue weighted by molar-refractivity contribution is 6.33. The molecule has 8 heteroatoms. The van der Waals surface area contributed by atoms with Gasteiger partial charge in [0, 0.05) is 24.0 Å². The lowest BCUT2D eigenvalue weighted by Crippen LogP contribution is -2.21. The van der Waals surface area contributed by atoms with Gasteiger partial charge >= 0.3 is 0 Å². The molecule has 0 radical (unpaired) electrons. The maximum absolute atomic E-state index is 13.1. The number of aromatic nitrogens is 2. The number of nitrogens with one attached hydrogen (secondary N) is 2. The van der Waals surface area contributed by atoms with Gasteiger partial charge in [0.1, 0.15) is 11.6 Å². The average molecular weight is 387 g/mol. The zero-order chi connectivity index (χ0) is 19.2. The summed E-state index contributed by atoms with van der Waals surface area (Å²) in [7, 11) is 4.03. The van der Waals surface area contributed by atoms with Crippen LogP contribution < -0.4 is 10.7 Å². The van der Waals surface area contributed by atoms with E-state index in [1.165, 1.54) is 18.3 Å². The zero-order valence-corrected chi connectivity index (χ0v) is 15.8. The molecule has 0 spiro atoms. The number of hydrazone groups is 1. The van der Waals surface area contributed by atoms with Gasteiger partial charge in [0.2, 0.25) is 5.95 Å². The number of para-hydroxylation sites is 1. The number of rotatable bonds is 7. The highest BCUT2D eigenvalue weighted by Gasteiger charge is 2.07. The van der Waals surface area contributed by atoms with E-state index in [0.29, 0.717) is 11.5 Å². The quantitative estimate of drug-likeness (QED) is 0.477. The Labute approximate surface area is 162 Å². The lowest BCUT2D eigenvalue weighted by molar-refractivity contribution is 0.425. The molecule has 2 N–H and O–H groups in total. The van der Waals surface area contributed by atoms with E-state index in [2.05, 4.69) is 30.7 Å². The standard InChI is InChI=1S/C19H20ClFN6/c1-27(2)10-9-22-18-15-5-3-4-6-17(15)24-19(25-18)26-23-12-13-7-8-14(21)11-16(13)20/h3-8,11-12H,9-10H2,1-2H3,(H2,22,24,25,26)/b23-12+. The molecular formula is C19H20ClFN6. The van der Waals surface area contributed by atoms with Crippen molar-refractivity contribution < 1.29 is 4.39 Å². The summed E-state index contributed by atoms with van der Waals surface area (Å²) >= 11 is 5.99. The first-order valence-electron chi connectivity index (χ1n) is 8.42. The summed E-state index contributed by atoms with van der Waals surface area (Å²) in [5.74, 6) is 0.701. The Bertz CT molecular complexity index is 960. The monoisotopic (exact) mass is 386 g/mol. The zero-order valence-electron chi connectivity index (χ0n) is 15.1. The normalized spacial score (nSPS) is 11.4. The van der Waals surface area contributed by atoms with Gasteiger partial charge in [-0.1, -0.05) is 23.7 Å². The number of anilines is 2. The summed E-state index contributed by atoms with van der Waals surface area (Å²) in [5, 5.41) is 8.67. The fraction of sp³-hybridized carbons (Fsp3) is 0.211. The van der Waals surface area contributed by atoms with E-state index in [1.807, 2.05) is 38.4 Å². The fourth-order valence-electron chi connectivity index (χ4n) is 2.43. The molecule has 0 aliphatic heterocycles. The number of fused-ring (bicyclic) bond motifs is 1. The first-order chi connectivity index (χ1) is 13.0. The van der Waals surface area contributed by atoms with Crippen LogP contribution in [0.4, 0.5) is 16.2 Å². The number of halogens is 2. The van der Waals surface area contributed by atoms with Crippen molar-refractivity contribution in [3.8, 4) is 0 Å². The Morgan fingerprint density at radius 3 is 2.78 bits per heavy atom. The van der Waals surface area contributed by atoms with E-state index in [9.17, 15) is 4.39 Å². The molecular weight excluding hydrogens is 367 g/mol. The van der Waals surface area contributed by atoms with Crippen LogP contribution >= 0.6 is 11.6 Å². The summed E-state index contributed by atoms with van der Waals surface area (Å²) in [6.07, 6.45) is 1.50. The Morgan fingerprint density at radius 1 is 1.19 bits per heavy atom. The van der Waals surface area contributed by atoms with Crippen molar-refractivity contribution in [3.63, 3.8) is 0 Å². The van der Waals surface area contributed by atoms with E-state index < -0.39 is 5.82 Å². The number of nitrogens with zero attached hydrogens (tertiary/aromatic N) is 4. The second-order valence-electron chi connectivity index (χ2n) is 6.18. The SMILES string of the molecule is CN(C)CCNc1nc(N/N=C/c2ccc(F)cc2Cl)nc2ccccc12. The van der Waals surface area contributed by atoms with Crippen molar-refractivity contribution in [1.29, 1.82) is 0 Å². The Morgan fingerprint density at radius 2 is 2.00 bits per heavy atom. The van der Waals surface area contributed by atoms with Gasteiger partial charge in [-0.3, -0.25) is 0 Å². The predicted molar refractivity (Wildman–Crippen MR) is 109 cm³/mol. The maximum atomic E-state index is 13.1. The highest BCUT2D eigenvalue weighted by Crippen LogP contribution is 2.21. The second kappa shape index (κ2) is 8.75. The molecule has 3 rings (SSSR count). The molecule has 0 saturated heterocycles. The van der Waals surface area contributed by atoms with Crippen molar-refractivity contribution in [3.05, 3.63) is 58.9 Å². The predicted octanol–water partition coefficient (Wildman–Crippen LogP) is 3.84. The van der Waals surface area contributed by atoms with E-state index in [-0.39, 0.29) is 5.02 Å². The molecule has 0 unspecified atom stereocenters. The molecule has 0 saturated carbocycles. The van der Waals surface area contributed by atoms with Crippen LogP contribution in [0.2, 0.25) is 5.02 Å². The lowest BCUT2D eigenvalue weighted by atomic mass is 10.2. The van der Waals surface area contributed by atoms with Gasteiger partial charge in [-0.25, -0.2) is 14.8 Å². The second-order valence-corrected chi connectivity index (χ2v) is 6.59. The van der Waals surface area contributed by atoms with Crippen LogP contribution in [-0.2, 0) is 0 Å². The van der Waals surface area contributed by atoms with Gasteiger partial charge in [0.05, 0.1) is 16.8 Å². The summed E-state index contributed by atoms with van der Waals surface area (Å²) in [6.45, 7) is 1.63. The van der Waals surface area contributed by atoms with Gasteiger partial charge in [-0.05, 0) is 44.4 Å². The minimum atomic E-state index is -0.392. The van der Waals surface area contributed by atoms with E-state index in [4.69, 9.17) is 11.6 Å². The molecule has 0 bridgehead atoms. The molecule has 1 heterocycles. The van der Waals surface area contributed by atoms with Gasteiger partial charge in [0.15, 0.2) is 0 Å². The Hall–Kier alpha value is -2.77. The molecule has 0 amide bonds. The van der Waals surface area contributed by atoms with Crippen molar-refractivity contribution in [1.82, 2.24) is 14.9 Å². The Kier molecular flexibility index (Phi) is 6.16. The van der Waals surface area contributed by atoms with Crippen molar-refractivity contribution in [2.24, 2.45) is 5.10 Å². The minimum absolute atomic E-state index is 0.283. The molecule has 2 aromatic carbocycles. The largest absolute Gasteiger partial charge is 0.368 e. The van der Waals surface area contributed by atoms with Gasteiger partial charge < -0.3 is 10.2 Å². The first-order valence-corrected chi connectivity index (χ1v) is 8.80. The van der Waals surface area contributed by atoms with Gasteiger partial charge in [0.25, 0.3) is 0 Å². The molecule has 3 aromatic rings. The third-order valence-corrected chi connectivity index (χ3v) is 4.11. The highest BCUT2D eigenvalue weighted by atomic mass is 35.5. The van der Waals surface area contributed by atoms with E-state index in [0.717, 1.165) is 29.8 Å². The lowest BCUT2D eigenvalue weighted by Gasteiger charge is -2.13. The summed E-state index contributed by atoms with van der Waals surface area (Å²) in [5.41, 5.74) is 4.21. The van der Waals surface area contributed by atoms with Crippen molar-refractivity contribution in [2.45, 2.75) is 0 Å². The number of benzene rings is 2. The van der Waals surface area contributed by atoms with Gasteiger partial charge in [-0.2, -0.15) is 10.1 Å². The van der Waals surface area contributed by atoms with Crippen molar-refractivity contribution in [2.75, 3.05) is 37.9 Å². The fourth-order valence-corrected chi connectivity index (χ4v) is 2.64. The van der Waals surface area contributed by atoms with Crippen molar-refractivity contribution >= 4 is 40.5 Å². The summed E-state index contributed by atoms with van der Waals surface area (Å²) < 4.78 is 13.1. The number of likely N-dealkylation sites (N-methyl/N-ethyl adjacent to an activating group) is 1. The van der Waals surface area contributed by atoms with Crippen LogP contribution in [0.25, 0.3) is 10.9 Å². The molecule has 140 valence electrons. The molecule has 6 nitrogen and oxygen atoms in total. The van der Waals surface area contributed by atoms with Crippen LogP contribution in [-0.4, -0.2) is 48.3 Å². The number of hydrogen-bond acceptors (Lipinski definition) is 6. The third kappa shape index (κ3) is 5.12. The summed E-state index contributed by atoms with van der Waals surface area (Å²) in [6, 6.07) is 11.9. The van der Waals surface area contributed by atoms with Crippen LogP contribution in [0.5, 0.6) is 0 Å². The van der Waals surface area contributed by atoms with Crippen LogP contribution in [0, 0.1) is 5.82 Å². The molecule has 0 fully saturated rings. The average Bonchev–Trinajstić information content (AvgIpc) is 2.63. The number of hydrogen-bond donors (Lipinski definition) is 2. The first kappa shape index (κ1) is 19.0. The maximum Gasteiger partial charge on any atom is 0.246 e. The van der Waals surface area contributed by atoms with Gasteiger partial charge in [-0.15, -0.1) is 0 Å². The smallest absolute Gasteiger partial charge is 0.246 e. The van der Waals surface area contributed by atoms with Crippen LogP contribution in [0.3, 0.4) is 0 Å². The summed E-state index contributed by atoms with van der Waals surface area (Å²) in [4.78, 5) is 11.1. The minimum Gasteiger partial charge on any atom is -0.368 e. The topological polar surface area (TPSA) is 65.4 Å². The molecule has 27 heavy (non-hydrogen) atoms. The molecule has 1 aromatic heterocycles.